The second-order valence-corrected chi connectivity index (χ2v) is 5.71. The fraction of sp³-hybridized carbons (Fsp3) is 0.0526. The van der Waals surface area contributed by atoms with Crippen molar-refractivity contribution in [2.24, 2.45) is 0 Å². The second kappa shape index (κ2) is 9.06. The van der Waals surface area contributed by atoms with Gasteiger partial charge in [-0.25, -0.2) is 0 Å². The molecule has 1 amide bonds. The minimum atomic E-state index is -0.107. The number of anilines is 3. The zero-order valence-electron chi connectivity index (χ0n) is 13.3. The molecular weight excluding hydrogens is 357 g/mol. The number of nitrogens with one attached hydrogen (secondary N) is 2. The fourth-order valence-corrected chi connectivity index (χ4v) is 2.39. The van der Waals surface area contributed by atoms with E-state index in [-0.39, 0.29) is 24.9 Å². The monoisotopic (exact) mass is 373 g/mol. The Morgan fingerprint density at radius 1 is 0.880 bits per heavy atom. The summed E-state index contributed by atoms with van der Waals surface area (Å²) in [4.78, 5) is 12.3. The van der Waals surface area contributed by atoms with E-state index in [0.29, 0.717) is 5.02 Å². The third-order valence-corrected chi connectivity index (χ3v) is 3.68. The van der Waals surface area contributed by atoms with Crippen molar-refractivity contribution >= 4 is 34.6 Å². The van der Waals surface area contributed by atoms with Gasteiger partial charge in [-0.1, -0.05) is 41.9 Å². The van der Waals surface area contributed by atoms with Gasteiger partial charge in [0.15, 0.2) is 12.4 Å². The zero-order chi connectivity index (χ0) is 16.8. The number of nitrogens with zero attached hydrogens (tertiary/aromatic N) is 1. The van der Waals surface area contributed by atoms with Crippen molar-refractivity contribution < 1.29 is 21.8 Å². The number of hydrogen-bond donors (Lipinski definition) is 2. The number of hydrogen-bond acceptors (Lipinski definition) is 2. The molecule has 6 heteroatoms. The van der Waals surface area contributed by atoms with Gasteiger partial charge in [0.2, 0.25) is 6.54 Å². The van der Waals surface area contributed by atoms with Crippen LogP contribution in [0.2, 0.25) is 5.02 Å². The summed E-state index contributed by atoms with van der Waals surface area (Å²) in [7, 11) is 0. The van der Waals surface area contributed by atoms with E-state index >= 15 is 0 Å². The van der Waals surface area contributed by atoms with Crippen LogP contribution in [0.5, 0.6) is 0 Å². The van der Waals surface area contributed by atoms with Crippen LogP contribution < -0.4 is 27.6 Å². The van der Waals surface area contributed by atoms with Gasteiger partial charge in [0.05, 0.1) is 16.4 Å². The van der Waals surface area contributed by atoms with Gasteiger partial charge in [0.1, 0.15) is 0 Å². The molecule has 0 saturated carbocycles. The van der Waals surface area contributed by atoms with Crippen LogP contribution in [0.15, 0.2) is 79.1 Å². The summed E-state index contributed by atoms with van der Waals surface area (Å²) in [6.07, 6.45) is 3.55. The minimum absolute atomic E-state index is 0. The van der Waals surface area contributed by atoms with Gasteiger partial charge >= 0.3 is 0 Å². The van der Waals surface area contributed by atoms with E-state index in [1.54, 1.807) is 29.1 Å². The first-order chi connectivity index (χ1) is 11.7. The summed E-state index contributed by atoms with van der Waals surface area (Å²) in [6.45, 7) is 0.219. The maximum absolute atomic E-state index is 12.3. The van der Waals surface area contributed by atoms with Crippen molar-refractivity contribution in [2.75, 3.05) is 10.6 Å². The minimum Gasteiger partial charge on any atom is -1.00 e. The van der Waals surface area contributed by atoms with Crippen molar-refractivity contribution in [3.63, 3.8) is 0 Å². The van der Waals surface area contributed by atoms with Crippen LogP contribution in [0.3, 0.4) is 0 Å². The number of carbonyl (C=O) groups excluding carboxylic acids is 1. The lowest BCUT2D eigenvalue weighted by Crippen LogP contribution is -3.00. The molecule has 0 unspecified atom stereocenters. The zero-order valence-corrected chi connectivity index (χ0v) is 14.8. The predicted octanol–water partition coefficient (Wildman–Crippen LogP) is 1.01. The van der Waals surface area contributed by atoms with E-state index in [9.17, 15) is 4.79 Å². The van der Waals surface area contributed by atoms with Gasteiger partial charge in [0, 0.05) is 17.8 Å². The highest BCUT2D eigenvalue weighted by atomic mass is 35.5. The average Bonchev–Trinajstić information content (AvgIpc) is 2.60. The van der Waals surface area contributed by atoms with Gasteiger partial charge in [0.25, 0.3) is 5.91 Å². The summed E-state index contributed by atoms with van der Waals surface area (Å²) in [5.41, 5.74) is 2.55. The lowest BCUT2D eigenvalue weighted by Gasteiger charge is -2.12. The van der Waals surface area contributed by atoms with Crippen LogP contribution in [0.4, 0.5) is 17.1 Å². The molecule has 2 N–H and O–H groups in total. The second-order valence-electron chi connectivity index (χ2n) is 5.27. The Kier molecular flexibility index (Phi) is 6.81. The molecule has 0 atom stereocenters. The molecule has 0 saturated heterocycles. The number of halogens is 2. The number of aromatic nitrogens is 1. The summed E-state index contributed by atoms with van der Waals surface area (Å²) < 4.78 is 1.77. The standard InChI is InChI=1S/C19H16ClN3O.ClH/c20-15-10-12-23(13-11-15)14-19(24)22-18-9-5-4-8-17(18)21-16-6-2-1-3-7-16;/h1-13,21H,14H2;1H. The number of pyridine rings is 1. The van der Waals surface area contributed by atoms with Gasteiger partial charge in [-0.15, -0.1) is 0 Å². The highest BCUT2D eigenvalue weighted by Crippen LogP contribution is 2.24. The molecule has 1 heterocycles. The van der Waals surface area contributed by atoms with Crippen LogP contribution in [0.1, 0.15) is 0 Å². The van der Waals surface area contributed by atoms with Crippen LogP contribution in [-0.2, 0) is 11.3 Å². The molecule has 4 nitrogen and oxygen atoms in total. The fourth-order valence-electron chi connectivity index (χ4n) is 2.28. The quantitative estimate of drug-likeness (QED) is 0.655. The highest BCUT2D eigenvalue weighted by Gasteiger charge is 2.11. The van der Waals surface area contributed by atoms with Crippen molar-refractivity contribution in [3.05, 3.63) is 84.1 Å². The maximum atomic E-state index is 12.3. The van der Waals surface area contributed by atoms with Gasteiger partial charge in [-0.3, -0.25) is 4.79 Å². The first-order valence-electron chi connectivity index (χ1n) is 7.56. The Morgan fingerprint density at radius 3 is 2.16 bits per heavy atom. The molecule has 0 aliphatic rings. The average molecular weight is 374 g/mol. The van der Waals surface area contributed by atoms with E-state index in [2.05, 4.69) is 10.6 Å². The van der Waals surface area contributed by atoms with E-state index in [1.165, 1.54) is 0 Å². The Morgan fingerprint density at radius 2 is 1.48 bits per heavy atom. The van der Waals surface area contributed by atoms with Crippen molar-refractivity contribution in [3.8, 4) is 0 Å². The number of para-hydroxylation sites is 3. The first-order valence-corrected chi connectivity index (χ1v) is 7.94. The molecule has 0 fully saturated rings. The van der Waals surface area contributed by atoms with Gasteiger partial charge in [-0.05, 0) is 24.3 Å². The first kappa shape index (κ1) is 18.8. The smallest absolute Gasteiger partial charge is 0.290 e. The molecule has 0 aliphatic heterocycles. The van der Waals surface area contributed by atoms with E-state index in [4.69, 9.17) is 11.6 Å². The van der Waals surface area contributed by atoms with Crippen LogP contribution in [0, 0.1) is 0 Å². The number of carbonyl (C=O) groups is 1. The summed E-state index contributed by atoms with van der Waals surface area (Å²) in [6, 6.07) is 20.9. The lowest BCUT2D eigenvalue weighted by molar-refractivity contribution is -0.684. The molecule has 0 radical (unpaired) electrons. The predicted molar refractivity (Wildman–Crippen MR) is 96.4 cm³/mol. The molecule has 2 aromatic carbocycles. The molecule has 0 aliphatic carbocycles. The Bertz CT molecular complexity index is 824. The number of amides is 1. The molecule has 0 bridgehead atoms. The molecule has 25 heavy (non-hydrogen) atoms. The van der Waals surface area contributed by atoms with Crippen LogP contribution in [-0.4, -0.2) is 5.91 Å². The van der Waals surface area contributed by atoms with E-state index in [1.807, 2.05) is 54.6 Å². The summed E-state index contributed by atoms with van der Waals surface area (Å²) in [5.74, 6) is -0.107. The molecule has 3 aromatic rings. The largest absolute Gasteiger partial charge is 1.00 e. The number of benzene rings is 2. The molecule has 0 spiro atoms. The van der Waals surface area contributed by atoms with Crippen molar-refractivity contribution in [2.45, 2.75) is 6.54 Å². The normalized spacial score (nSPS) is 9.80. The maximum Gasteiger partial charge on any atom is 0.290 e. The summed E-state index contributed by atoms with van der Waals surface area (Å²) in [5, 5.41) is 6.89. The highest BCUT2D eigenvalue weighted by molar-refractivity contribution is 6.30. The molecule has 128 valence electrons. The molecule has 3 rings (SSSR count). The Balaban J connectivity index is 0.00000225. The topological polar surface area (TPSA) is 45.0 Å². The van der Waals surface area contributed by atoms with Crippen LogP contribution >= 0.6 is 11.6 Å². The Labute approximate surface area is 157 Å². The molecule has 1 aromatic heterocycles. The third kappa shape index (κ3) is 5.48. The Hall–Kier alpha value is -2.56. The third-order valence-electron chi connectivity index (χ3n) is 3.43. The SMILES string of the molecule is O=C(C[n+]1ccc(Cl)cc1)Nc1ccccc1Nc1ccccc1.[Cl-]. The van der Waals surface area contributed by atoms with Crippen LogP contribution in [0.25, 0.3) is 0 Å². The van der Waals surface area contributed by atoms with E-state index in [0.717, 1.165) is 17.1 Å². The molecular formula is C19H17Cl2N3O. The van der Waals surface area contributed by atoms with Gasteiger partial charge in [-0.2, -0.15) is 4.57 Å². The van der Waals surface area contributed by atoms with E-state index < -0.39 is 0 Å². The number of rotatable bonds is 5. The lowest BCUT2D eigenvalue weighted by atomic mass is 10.2. The summed E-state index contributed by atoms with van der Waals surface area (Å²) >= 11 is 5.85. The van der Waals surface area contributed by atoms with Crippen molar-refractivity contribution in [1.29, 1.82) is 0 Å². The van der Waals surface area contributed by atoms with Gasteiger partial charge < -0.3 is 23.0 Å². The van der Waals surface area contributed by atoms with Crippen molar-refractivity contribution in [1.82, 2.24) is 0 Å².